The van der Waals surface area contributed by atoms with Gasteiger partial charge in [-0.15, -0.1) is 0 Å². The third-order valence-corrected chi connectivity index (χ3v) is 19.1. The van der Waals surface area contributed by atoms with Gasteiger partial charge < -0.3 is 13.7 Å². The summed E-state index contributed by atoms with van der Waals surface area (Å²) >= 11 is 0. The summed E-state index contributed by atoms with van der Waals surface area (Å²) in [5, 5.41) is 15.0. The van der Waals surface area contributed by atoms with E-state index in [9.17, 15) is 39.5 Å². The van der Waals surface area contributed by atoms with E-state index in [1.54, 1.807) is 11.4 Å². The number of alkyl halides is 9. The predicted octanol–water partition coefficient (Wildman–Crippen LogP) is 6.56. The van der Waals surface area contributed by atoms with Crippen LogP contribution in [0.25, 0.3) is 0 Å². The number of nitriles is 1. The molecule has 5 aromatic carbocycles. The zero-order valence-corrected chi connectivity index (χ0v) is 41.5. The molecule has 5 aromatic rings. The summed E-state index contributed by atoms with van der Waals surface area (Å²) in [4.78, 5) is 0. The minimum atomic E-state index is -6.09. The summed E-state index contributed by atoms with van der Waals surface area (Å²) in [5.74, 6) is 0. The van der Waals surface area contributed by atoms with Gasteiger partial charge in [-0.05, 0) is 60.7 Å². The van der Waals surface area contributed by atoms with Crippen molar-refractivity contribution in [3.8, 4) is 6.07 Å². The Kier molecular flexibility index (Phi) is 27.4. The van der Waals surface area contributed by atoms with Crippen molar-refractivity contribution in [1.29, 1.82) is 5.26 Å². The maximum atomic E-state index is 10.7. The van der Waals surface area contributed by atoms with Crippen molar-refractivity contribution in [2.75, 3.05) is 24.6 Å². The molecule has 0 unspecified atom stereocenters. The van der Waals surface area contributed by atoms with Crippen LogP contribution in [0.1, 0.15) is 6.92 Å². The molecule has 26 heteroatoms. The third-order valence-electron chi connectivity index (χ3n) is 7.88. The van der Waals surface area contributed by atoms with E-state index in [-0.39, 0.29) is 24.4 Å². The van der Waals surface area contributed by atoms with Crippen LogP contribution in [0.3, 0.4) is 0 Å². The van der Waals surface area contributed by atoms with Crippen LogP contribution in [0.2, 0.25) is 0 Å². The second-order valence-electron chi connectivity index (χ2n) is 12.3. The first-order valence-electron chi connectivity index (χ1n) is 17.8. The smallest absolute Gasteiger partial charge is 0.741 e. The van der Waals surface area contributed by atoms with Crippen molar-refractivity contribution in [2.24, 2.45) is 0 Å². The Bertz CT molecular complexity index is 2220. The van der Waals surface area contributed by atoms with Crippen molar-refractivity contribution in [3.63, 3.8) is 0 Å². The van der Waals surface area contributed by atoms with E-state index in [0.717, 1.165) is 0 Å². The second kappa shape index (κ2) is 28.9. The molecule has 0 aliphatic rings. The molecule has 10 nitrogen and oxygen atoms in total. The fourth-order valence-electron chi connectivity index (χ4n) is 5.11. The molecule has 0 aliphatic carbocycles. The van der Waals surface area contributed by atoms with E-state index < -0.39 is 70.6 Å². The molecule has 0 saturated heterocycles. The van der Waals surface area contributed by atoms with Gasteiger partial charge in [0.2, 0.25) is 0 Å². The van der Waals surface area contributed by atoms with E-state index in [1.165, 1.54) is 52.8 Å². The molecule has 2 radical (unpaired) electrons. The standard InChI is InChI=1S/C34H33P3.C2H3N.3CHF3O3S.Sb/c1-6-16-30(17-7-1)35(26-28-36(31-18-8-2-9-19-31)32-20-10-3-11-21-32)27-29-37(33-22-12-4-13-23-33)34-24-14-5-15-25-34;1-2-3;3*2-1(3,4)8(5,6)7;/h1-25H,26-29H2;1H3;3*(H,5,6,7);/q;;;;;+3. The minimum absolute atomic E-state index is 0. The Morgan fingerprint density at radius 2 is 0.569 bits per heavy atom. The topological polar surface area (TPSA) is 195 Å². The zero-order chi connectivity index (χ0) is 48.8. The summed E-state index contributed by atoms with van der Waals surface area (Å²) < 4.78 is 177. The van der Waals surface area contributed by atoms with Crippen LogP contribution in [0, 0.1) is 11.3 Å². The summed E-state index contributed by atoms with van der Waals surface area (Å²) in [6.07, 6.45) is 5.23. The van der Waals surface area contributed by atoms with Gasteiger partial charge in [-0.2, -0.15) is 44.8 Å². The molecule has 0 fully saturated rings. The van der Waals surface area contributed by atoms with Gasteiger partial charge in [0.1, 0.15) is 12.3 Å². The molecule has 0 atom stereocenters. The van der Waals surface area contributed by atoms with Crippen LogP contribution in [-0.2, 0) is 30.4 Å². The molecule has 352 valence electrons. The molecule has 65 heavy (non-hydrogen) atoms. The monoisotopic (exact) mass is 1150 g/mol. The van der Waals surface area contributed by atoms with Crippen molar-refractivity contribution >= 4 is 105 Å². The summed E-state index contributed by atoms with van der Waals surface area (Å²) in [6, 6.07) is 58.2. The van der Waals surface area contributed by atoms with Crippen LogP contribution in [0.4, 0.5) is 39.5 Å². The van der Waals surface area contributed by atoms with Crippen molar-refractivity contribution in [1.82, 2.24) is 0 Å². The largest absolute Gasteiger partial charge is 3.00 e. The minimum Gasteiger partial charge on any atom is -0.741 e. The molecule has 0 saturated carbocycles. The van der Waals surface area contributed by atoms with Gasteiger partial charge in [0.15, 0.2) is 30.4 Å². The quantitative estimate of drug-likeness (QED) is 0.0460. The normalized spacial score (nSPS) is 11.7. The van der Waals surface area contributed by atoms with E-state index in [2.05, 4.69) is 152 Å². The van der Waals surface area contributed by atoms with Gasteiger partial charge in [-0.25, -0.2) is 25.3 Å². The Balaban J connectivity index is 0.00000119. The average molecular weight is 1150 g/mol. The maximum absolute atomic E-state index is 10.7. The fourth-order valence-corrected chi connectivity index (χ4v) is 15.2. The van der Waals surface area contributed by atoms with Gasteiger partial charge >= 0.3 is 41.0 Å². The number of halogens is 9. The van der Waals surface area contributed by atoms with Crippen LogP contribution in [0.5, 0.6) is 0 Å². The van der Waals surface area contributed by atoms with Gasteiger partial charge in [-0.1, -0.05) is 91.0 Å². The van der Waals surface area contributed by atoms with E-state index >= 15 is 0 Å². The molecule has 0 aromatic heterocycles. The molecule has 0 N–H and O–H groups in total. The van der Waals surface area contributed by atoms with Gasteiger partial charge in [0, 0.05) is 14.8 Å². The third kappa shape index (κ3) is 23.9. The number of hydrogen-bond acceptors (Lipinski definition) is 10. The molecule has 0 aliphatic heterocycles. The first-order valence-corrected chi connectivity index (χ1v) is 27.3. The van der Waals surface area contributed by atoms with Crippen LogP contribution >= 0.6 is 23.8 Å². The van der Waals surface area contributed by atoms with Gasteiger partial charge in [0.25, 0.3) is 0 Å². The number of nitrogens with zero attached hydrogens (tertiary/aromatic N) is 1. The van der Waals surface area contributed by atoms with Crippen molar-refractivity contribution in [2.45, 2.75) is 23.4 Å². The summed E-state index contributed by atoms with van der Waals surface area (Å²) in [7, 11) is -20.6. The van der Waals surface area contributed by atoms with E-state index in [1.807, 2.05) is 0 Å². The molecular formula is C39H39F9NO9P3S3Sb+3. The van der Waals surface area contributed by atoms with Gasteiger partial charge in [0.05, 0.1) is 60.8 Å². The average Bonchev–Trinajstić information content (AvgIpc) is 3.21. The van der Waals surface area contributed by atoms with Crippen molar-refractivity contribution in [3.05, 3.63) is 152 Å². The molecule has 0 heterocycles. The Labute approximate surface area is 392 Å². The molecular weight excluding hydrogens is 1110 g/mol. The van der Waals surface area contributed by atoms with Crippen LogP contribution < -0.4 is 26.5 Å². The van der Waals surface area contributed by atoms with Crippen LogP contribution in [0.15, 0.2) is 152 Å². The number of rotatable bonds is 11. The Hall–Kier alpha value is -3.20. The Morgan fingerprint density at radius 3 is 0.723 bits per heavy atom. The first-order chi connectivity index (χ1) is 29.5. The molecule has 0 spiro atoms. The van der Waals surface area contributed by atoms with Gasteiger partial charge in [-0.3, -0.25) is 0 Å². The second-order valence-corrected chi connectivity index (χ2v) is 24.4. The number of hydrogen-bond donors (Lipinski definition) is 0. The Morgan fingerprint density at radius 1 is 0.415 bits per heavy atom. The van der Waals surface area contributed by atoms with E-state index in [0.29, 0.717) is 0 Å². The number of benzene rings is 5. The summed E-state index contributed by atoms with van der Waals surface area (Å²) in [5.41, 5.74) is -16.9. The van der Waals surface area contributed by atoms with Crippen molar-refractivity contribution < 1.29 is 78.4 Å². The van der Waals surface area contributed by atoms with E-state index in [4.69, 9.17) is 44.2 Å². The summed E-state index contributed by atoms with van der Waals surface area (Å²) in [6.45, 7) is 1.43. The maximum Gasteiger partial charge on any atom is 3.00 e. The molecule has 0 bridgehead atoms. The zero-order valence-electron chi connectivity index (χ0n) is 33.5. The SMILES string of the molecule is CC#N.O=S(=O)([O-])C(F)(F)F.O=S(=O)([O-])C(F)(F)F.O=S(=O)([O-])C(F)(F)F.[Sb+3].c1ccc([PH+](CC[PH+](c2ccccc2)c2ccccc2)CC[PH+](c2ccccc2)c2ccccc2)cc1. The first kappa shape index (κ1) is 61.8. The predicted molar refractivity (Wildman–Crippen MR) is 239 cm³/mol. The fraction of sp³-hybridized carbons (Fsp3) is 0.205. The molecule has 0 amide bonds. The van der Waals surface area contributed by atoms with Crippen LogP contribution in [-0.4, -0.2) is 105 Å². The molecule has 5 rings (SSSR count).